The molecule has 0 saturated carbocycles. The number of aliphatic hydroxyl groups is 1. The van der Waals surface area contributed by atoms with E-state index in [1.165, 1.54) is 5.56 Å². The number of nitrogens with zero attached hydrogens (tertiary/aromatic N) is 3. The lowest BCUT2D eigenvalue weighted by atomic mass is 9.84. The second-order valence-corrected chi connectivity index (χ2v) is 7.61. The fourth-order valence-electron chi connectivity index (χ4n) is 3.59. The number of para-hydroxylation sites is 1. The molecule has 3 N–H and O–H groups in total. The Morgan fingerprint density at radius 1 is 1.32 bits per heavy atom. The number of nitrogens with one attached hydrogen (secondary N) is 2. The molecule has 0 spiro atoms. The number of aliphatic imine (C=N–C) groups is 1. The van der Waals surface area contributed by atoms with Crippen LogP contribution in [-0.4, -0.2) is 63.6 Å². The van der Waals surface area contributed by atoms with Crippen LogP contribution in [0.2, 0.25) is 0 Å². The van der Waals surface area contributed by atoms with Gasteiger partial charge < -0.3 is 25.4 Å². The molecule has 3 rings (SSSR count). The molecule has 0 amide bonds. The number of fused-ring (bicyclic) bond motifs is 1. The standard InChI is InChI=1S/C21H31N5O2/c1-22-20(24-14-21(8-10-27)9-11-28-15-21)23-13-16-12-19(26(2)3)25-18-7-5-4-6-17(16)18/h4-7,12,27H,8-11,13-15H2,1-3H3,(H2,22,23,24). The molecule has 1 atom stereocenters. The van der Waals surface area contributed by atoms with E-state index < -0.39 is 0 Å². The van der Waals surface area contributed by atoms with E-state index in [-0.39, 0.29) is 12.0 Å². The second kappa shape index (κ2) is 9.21. The highest BCUT2D eigenvalue weighted by Gasteiger charge is 2.34. The monoisotopic (exact) mass is 385 g/mol. The maximum atomic E-state index is 9.40. The van der Waals surface area contributed by atoms with Gasteiger partial charge in [0.1, 0.15) is 5.82 Å². The molecule has 0 bridgehead atoms. The van der Waals surface area contributed by atoms with Gasteiger partial charge in [-0.05, 0) is 30.5 Å². The van der Waals surface area contributed by atoms with Crippen LogP contribution in [-0.2, 0) is 11.3 Å². The van der Waals surface area contributed by atoms with Crippen LogP contribution in [0.3, 0.4) is 0 Å². The van der Waals surface area contributed by atoms with E-state index in [1.807, 2.05) is 37.2 Å². The van der Waals surface area contributed by atoms with Crippen molar-refractivity contribution in [3.8, 4) is 0 Å². The van der Waals surface area contributed by atoms with Gasteiger partial charge in [0.05, 0.1) is 12.1 Å². The molecule has 7 heteroatoms. The van der Waals surface area contributed by atoms with Gasteiger partial charge in [-0.2, -0.15) is 0 Å². The molecule has 1 aromatic heterocycles. The van der Waals surface area contributed by atoms with Crippen LogP contribution in [0.5, 0.6) is 0 Å². The second-order valence-electron chi connectivity index (χ2n) is 7.61. The summed E-state index contributed by atoms with van der Waals surface area (Å²) in [5, 5.41) is 17.4. The number of pyridine rings is 1. The van der Waals surface area contributed by atoms with Crippen LogP contribution in [0.15, 0.2) is 35.3 Å². The number of aromatic nitrogens is 1. The summed E-state index contributed by atoms with van der Waals surface area (Å²) in [6.45, 7) is 2.98. The van der Waals surface area contributed by atoms with E-state index in [0.717, 1.165) is 48.7 Å². The summed E-state index contributed by atoms with van der Waals surface area (Å²) in [5.41, 5.74) is 2.14. The summed E-state index contributed by atoms with van der Waals surface area (Å²) in [4.78, 5) is 11.1. The van der Waals surface area contributed by atoms with Gasteiger partial charge in [-0.1, -0.05) is 18.2 Å². The third kappa shape index (κ3) is 4.72. The first-order valence-electron chi connectivity index (χ1n) is 9.76. The summed E-state index contributed by atoms with van der Waals surface area (Å²) >= 11 is 0. The Bertz CT molecular complexity index is 816. The first-order chi connectivity index (χ1) is 13.6. The molecule has 7 nitrogen and oxygen atoms in total. The Labute approximate surface area is 166 Å². The van der Waals surface area contributed by atoms with Crippen LogP contribution in [0.1, 0.15) is 18.4 Å². The van der Waals surface area contributed by atoms with E-state index in [0.29, 0.717) is 13.2 Å². The van der Waals surface area contributed by atoms with Crippen molar-refractivity contribution in [3.05, 3.63) is 35.9 Å². The molecule has 2 aromatic rings. The highest BCUT2D eigenvalue weighted by molar-refractivity contribution is 5.85. The quantitative estimate of drug-likeness (QED) is 0.498. The largest absolute Gasteiger partial charge is 0.396 e. The van der Waals surface area contributed by atoms with Crippen LogP contribution in [0.25, 0.3) is 10.9 Å². The van der Waals surface area contributed by atoms with Crippen molar-refractivity contribution in [1.29, 1.82) is 0 Å². The Kier molecular flexibility index (Phi) is 6.70. The van der Waals surface area contributed by atoms with Crippen molar-refractivity contribution in [2.75, 3.05) is 52.4 Å². The Morgan fingerprint density at radius 3 is 2.82 bits per heavy atom. The zero-order valence-electron chi connectivity index (χ0n) is 17.0. The molecule has 1 aromatic carbocycles. The zero-order chi connectivity index (χ0) is 20.0. The van der Waals surface area contributed by atoms with Gasteiger partial charge in [-0.3, -0.25) is 4.99 Å². The molecule has 1 saturated heterocycles. The average Bonchev–Trinajstić information content (AvgIpc) is 3.16. The number of ether oxygens (including phenoxy) is 1. The van der Waals surface area contributed by atoms with Crippen molar-refractivity contribution in [2.24, 2.45) is 10.4 Å². The van der Waals surface area contributed by atoms with Crippen LogP contribution >= 0.6 is 0 Å². The summed E-state index contributed by atoms with van der Waals surface area (Å²) in [7, 11) is 5.77. The maximum absolute atomic E-state index is 9.40. The van der Waals surface area contributed by atoms with Gasteiger partial charge in [0.15, 0.2) is 5.96 Å². The van der Waals surface area contributed by atoms with E-state index >= 15 is 0 Å². The maximum Gasteiger partial charge on any atom is 0.191 e. The average molecular weight is 386 g/mol. The Balaban J connectivity index is 1.70. The van der Waals surface area contributed by atoms with Crippen molar-refractivity contribution < 1.29 is 9.84 Å². The fraction of sp³-hybridized carbons (Fsp3) is 0.524. The molecule has 0 aliphatic carbocycles. The number of aliphatic hydroxyl groups excluding tert-OH is 1. The van der Waals surface area contributed by atoms with Crippen LogP contribution in [0.4, 0.5) is 5.82 Å². The van der Waals surface area contributed by atoms with Crippen molar-refractivity contribution in [1.82, 2.24) is 15.6 Å². The van der Waals surface area contributed by atoms with E-state index in [9.17, 15) is 5.11 Å². The molecule has 152 valence electrons. The minimum Gasteiger partial charge on any atom is -0.396 e. The predicted octanol–water partition coefficient (Wildman–Crippen LogP) is 1.75. The van der Waals surface area contributed by atoms with Gasteiger partial charge in [-0.15, -0.1) is 0 Å². The molecule has 28 heavy (non-hydrogen) atoms. The van der Waals surface area contributed by atoms with Crippen molar-refractivity contribution >= 4 is 22.7 Å². The molecule has 0 radical (unpaired) electrons. The fourth-order valence-corrected chi connectivity index (χ4v) is 3.59. The van der Waals surface area contributed by atoms with E-state index in [2.05, 4.69) is 27.8 Å². The van der Waals surface area contributed by atoms with Crippen LogP contribution in [0, 0.1) is 5.41 Å². The zero-order valence-corrected chi connectivity index (χ0v) is 17.0. The minimum atomic E-state index is -0.0200. The number of hydrogen-bond donors (Lipinski definition) is 3. The first-order valence-corrected chi connectivity index (χ1v) is 9.76. The van der Waals surface area contributed by atoms with E-state index in [4.69, 9.17) is 9.72 Å². The Hall–Kier alpha value is -2.38. The van der Waals surface area contributed by atoms with Crippen molar-refractivity contribution in [2.45, 2.75) is 19.4 Å². The lowest BCUT2D eigenvalue weighted by Crippen LogP contribution is -2.44. The number of rotatable bonds is 7. The third-order valence-electron chi connectivity index (χ3n) is 5.37. The van der Waals surface area contributed by atoms with Gasteiger partial charge in [0.25, 0.3) is 0 Å². The highest BCUT2D eigenvalue weighted by Crippen LogP contribution is 2.31. The number of guanidine groups is 1. The molecular weight excluding hydrogens is 354 g/mol. The normalized spacial score (nSPS) is 19.8. The highest BCUT2D eigenvalue weighted by atomic mass is 16.5. The molecule has 1 aliphatic heterocycles. The van der Waals surface area contributed by atoms with Gasteiger partial charge in [0.2, 0.25) is 0 Å². The summed E-state index contributed by atoms with van der Waals surface area (Å²) in [5.74, 6) is 1.68. The Morgan fingerprint density at radius 2 is 2.14 bits per heavy atom. The van der Waals surface area contributed by atoms with Gasteiger partial charge in [0, 0.05) is 58.2 Å². The smallest absolute Gasteiger partial charge is 0.191 e. The molecule has 1 fully saturated rings. The minimum absolute atomic E-state index is 0.0200. The predicted molar refractivity (Wildman–Crippen MR) is 114 cm³/mol. The van der Waals surface area contributed by atoms with Crippen molar-refractivity contribution in [3.63, 3.8) is 0 Å². The van der Waals surface area contributed by atoms with E-state index in [1.54, 1.807) is 7.05 Å². The topological polar surface area (TPSA) is 82.0 Å². The van der Waals surface area contributed by atoms with Gasteiger partial charge in [-0.25, -0.2) is 4.98 Å². The van der Waals surface area contributed by atoms with Crippen LogP contribution < -0.4 is 15.5 Å². The number of benzene rings is 1. The lowest BCUT2D eigenvalue weighted by Gasteiger charge is -2.27. The summed E-state index contributed by atoms with van der Waals surface area (Å²) in [6, 6.07) is 10.3. The molecule has 1 unspecified atom stereocenters. The summed E-state index contributed by atoms with van der Waals surface area (Å²) in [6.07, 6.45) is 1.69. The molecular formula is C21H31N5O2. The summed E-state index contributed by atoms with van der Waals surface area (Å²) < 4.78 is 5.57. The molecule has 1 aliphatic rings. The number of anilines is 1. The lowest BCUT2D eigenvalue weighted by molar-refractivity contribution is 0.127. The van der Waals surface area contributed by atoms with Gasteiger partial charge >= 0.3 is 0 Å². The first kappa shape index (κ1) is 20.4. The number of hydrogen-bond acceptors (Lipinski definition) is 5. The SMILES string of the molecule is CN=C(NCc1cc(N(C)C)nc2ccccc12)NCC1(CCO)CCOC1. The molecule has 2 heterocycles. The third-order valence-corrected chi connectivity index (χ3v) is 5.37.